The van der Waals surface area contributed by atoms with E-state index in [4.69, 9.17) is 15.7 Å². The number of carbonyl (C=O) groups excluding carboxylic acids is 1. The van der Waals surface area contributed by atoms with Crippen LogP contribution in [0, 0.1) is 17.2 Å². The molecular formula is C23H23N9O2. The summed E-state index contributed by atoms with van der Waals surface area (Å²) in [6.45, 7) is 1.86. The molecule has 11 heteroatoms. The molecule has 1 saturated carbocycles. The molecule has 4 aromatic rings. The Morgan fingerprint density at radius 2 is 2.12 bits per heavy atom. The summed E-state index contributed by atoms with van der Waals surface area (Å²) in [7, 11) is 1.82. The number of fused-ring (bicyclic) bond motifs is 1. The SMILES string of the molecule is CC(OC(N)=O)C1CC(Nc2cc(-c3ccc4cc(C#N)cnn34)ncc2-c2cn(C)nn2)C1. The van der Waals surface area contributed by atoms with Crippen LogP contribution < -0.4 is 11.1 Å². The Labute approximate surface area is 195 Å². The van der Waals surface area contributed by atoms with Crippen molar-refractivity contribution in [3.05, 3.63) is 48.4 Å². The molecule has 11 nitrogen and oxygen atoms in total. The summed E-state index contributed by atoms with van der Waals surface area (Å²) in [5.74, 6) is 0.249. The van der Waals surface area contributed by atoms with E-state index < -0.39 is 6.09 Å². The molecule has 0 saturated heterocycles. The number of rotatable bonds is 6. The number of nitriles is 1. The highest BCUT2D eigenvalue weighted by Crippen LogP contribution is 2.37. The number of aromatic nitrogens is 6. The van der Waals surface area contributed by atoms with E-state index in [0.717, 1.165) is 41.0 Å². The Kier molecular flexibility index (Phi) is 5.33. The number of nitrogens with one attached hydrogen (secondary N) is 1. The first-order valence-electron chi connectivity index (χ1n) is 10.9. The van der Waals surface area contributed by atoms with Crippen LogP contribution in [0.15, 0.2) is 42.9 Å². The van der Waals surface area contributed by atoms with Crippen LogP contribution in [-0.4, -0.2) is 47.8 Å². The molecule has 0 spiro atoms. The number of aryl methyl sites for hydroxylation is 1. The van der Waals surface area contributed by atoms with Gasteiger partial charge in [-0.1, -0.05) is 5.21 Å². The summed E-state index contributed by atoms with van der Waals surface area (Å²) in [6.07, 6.45) is 5.87. The van der Waals surface area contributed by atoms with E-state index in [1.807, 2.05) is 38.4 Å². The van der Waals surface area contributed by atoms with Crippen molar-refractivity contribution in [2.75, 3.05) is 5.32 Å². The van der Waals surface area contributed by atoms with Crippen molar-refractivity contribution < 1.29 is 9.53 Å². The molecule has 5 rings (SSSR count). The molecule has 0 aromatic carbocycles. The largest absolute Gasteiger partial charge is 0.446 e. The average Bonchev–Trinajstić information content (AvgIpc) is 3.40. The summed E-state index contributed by atoms with van der Waals surface area (Å²) in [5.41, 5.74) is 10.4. The van der Waals surface area contributed by atoms with E-state index in [9.17, 15) is 4.79 Å². The molecule has 3 N–H and O–H groups in total. The lowest BCUT2D eigenvalue weighted by atomic mass is 9.77. The third-order valence-electron chi connectivity index (χ3n) is 6.17. The Morgan fingerprint density at radius 1 is 1.29 bits per heavy atom. The normalized spacial score (nSPS) is 18.1. The minimum absolute atomic E-state index is 0.204. The molecule has 1 amide bonds. The number of pyridine rings is 1. The van der Waals surface area contributed by atoms with Crippen LogP contribution in [0.4, 0.5) is 10.5 Å². The van der Waals surface area contributed by atoms with E-state index in [1.165, 1.54) is 6.20 Å². The van der Waals surface area contributed by atoms with E-state index in [1.54, 1.807) is 21.5 Å². The van der Waals surface area contributed by atoms with Crippen LogP contribution in [-0.2, 0) is 11.8 Å². The van der Waals surface area contributed by atoms with Crippen LogP contribution in [0.5, 0.6) is 0 Å². The zero-order valence-corrected chi connectivity index (χ0v) is 18.7. The van der Waals surface area contributed by atoms with Crippen molar-refractivity contribution in [1.82, 2.24) is 29.6 Å². The van der Waals surface area contributed by atoms with Gasteiger partial charge in [-0.3, -0.25) is 9.67 Å². The van der Waals surface area contributed by atoms with Gasteiger partial charge in [-0.05, 0) is 49.9 Å². The summed E-state index contributed by atoms with van der Waals surface area (Å²) < 4.78 is 8.53. The van der Waals surface area contributed by atoms with Gasteiger partial charge in [0, 0.05) is 30.5 Å². The summed E-state index contributed by atoms with van der Waals surface area (Å²) in [5, 5.41) is 25.4. The fraction of sp³-hybridized carbons (Fsp3) is 0.304. The van der Waals surface area contributed by atoms with E-state index in [2.05, 4.69) is 31.8 Å². The van der Waals surface area contributed by atoms with Crippen molar-refractivity contribution in [2.45, 2.75) is 31.9 Å². The lowest BCUT2D eigenvalue weighted by Crippen LogP contribution is -2.42. The molecule has 0 aliphatic heterocycles. The maximum absolute atomic E-state index is 11.0. The van der Waals surface area contributed by atoms with Crippen molar-refractivity contribution >= 4 is 17.3 Å². The summed E-state index contributed by atoms with van der Waals surface area (Å²) in [6, 6.07) is 9.91. The zero-order valence-electron chi connectivity index (χ0n) is 18.7. The minimum Gasteiger partial charge on any atom is -0.446 e. The number of hydrogen-bond acceptors (Lipinski definition) is 8. The molecular weight excluding hydrogens is 434 g/mol. The van der Waals surface area contributed by atoms with Gasteiger partial charge in [-0.15, -0.1) is 5.10 Å². The van der Waals surface area contributed by atoms with Crippen LogP contribution in [0.25, 0.3) is 28.2 Å². The molecule has 0 radical (unpaired) electrons. The Bertz CT molecular complexity index is 1410. The summed E-state index contributed by atoms with van der Waals surface area (Å²) >= 11 is 0. The molecule has 4 aromatic heterocycles. The second-order valence-corrected chi connectivity index (χ2v) is 8.52. The predicted molar refractivity (Wildman–Crippen MR) is 123 cm³/mol. The highest BCUT2D eigenvalue weighted by atomic mass is 16.6. The first kappa shape index (κ1) is 21.4. The van der Waals surface area contributed by atoms with Crippen molar-refractivity contribution in [3.8, 4) is 28.7 Å². The third-order valence-corrected chi connectivity index (χ3v) is 6.17. The molecule has 0 bridgehead atoms. The van der Waals surface area contributed by atoms with Crippen LogP contribution in [0.3, 0.4) is 0 Å². The zero-order chi connectivity index (χ0) is 23.8. The van der Waals surface area contributed by atoms with Crippen LogP contribution >= 0.6 is 0 Å². The molecule has 1 fully saturated rings. The van der Waals surface area contributed by atoms with E-state index in [0.29, 0.717) is 11.3 Å². The van der Waals surface area contributed by atoms with Gasteiger partial charge in [0.2, 0.25) is 0 Å². The van der Waals surface area contributed by atoms with Crippen molar-refractivity contribution in [1.29, 1.82) is 5.26 Å². The molecule has 1 atom stereocenters. The number of carbonyl (C=O) groups is 1. The number of nitrogens with zero attached hydrogens (tertiary/aromatic N) is 7. The number of anilines is 1. The maximum atomic E-state index is 11.0. The topological polar surface area (TPSA) is 149 Å². The minimum atomic E-state index is -0.748. The van der Waals surface area contributed by atoms with Crippen molar-refractivity contribution in [2.24, 2.45) is 18.7 Å². The monoisotopic (exact) mass is 457 g/mol. The van der Waals surface area contributed by atoms with Crippen molar-refractivity contribution in [3.63, 3.8) is 0 Å². The fourth-order valence-corrected chi connectivity index (χ4v) is 4.31. The van der Waals surface area contributed by atoms with Gasteiger partial charge in [0.1, 0.15) is 17.9 Å². The molecule has 1 aliphatic rings. The standard InChI is InChI=1S/C23H23N9O2/c1-13(34-23(25)33)15-6-16(7-15)28-19-8-20(26-11-18(19)21-12-31(2)30-29-21)22-4-3-17-5-14(9-24)10-27-32(17)22/h3-5,8,10-13,15-16H,6-7H2,1-2H3,(H2,25,33)(H,26,28). The number of amides is 1. The molecule has 4 heterocycles. The Balaban J connectivity index is 1.45. The molecule has 34 heavy (non-hydrogen) atoms. The number of ether oxygens (including phenoxy) is 1. The molecule has 1 unspecified atom stereocenters. The predicted octanol–water partition coefficient (Wildman–Crippen LogP) is 2.74. The molecule has 172 valence electrons. The Morgan fingerprint density at radius 3 is 2.82 bits per heavy atom. The third kappa shape index (κ3) is 4.01. The van der Waals surface area contributed by atoms with Gasteiger partial charge < -0.3 is 15.8 Å². The highest BCUT2D eigenvalue weighted by Gasteiger charge is 2.35. The fourth-order valence-electron chi connectivity index (χ4n) is 4.31. The van der Waals surface area contributed by atoms with Gasteiger partial charge in [-0.25, -0.2) is 9.31 Å². The molecule has 1 aliphatic carbocycles. The van der Waals surface area contributed by atoms with Gasteiger partial charge in [0.25, 0.3) is 0 Å². The number of primary amides is 1. The van der Waals surface area contributed by atoms with Crippen LogP contribution in [0.2, 0.25) is 0 Å². The smallest absolute Gasteiger partial charge is 0.404 e. The van der Waals surface area contributed by atoms with Crippen LogP contribution in [0.1, 0.15) is 25.3 Å². The first-order valence-corrected chi connectivity index (χ1v) is 10.9. The first-order chi connectivity index (χ1) is 16.4. The second-order valence-electron chi connectivity index (χ2n) is 8.52. The average molecular weight is 457 g/mol. The second kappa shape index (κ2) is 8.47. The lowest BCUT2D eigenvalue weighted by molar-refractivity contribution is 0.0452. The lowest BCUT2D eigenvalue weighted by Gasteiger charge is -2.39. The van der Waals surface area contributed by atoms with Gasteiger partial charge in [0.15, 0.2) is 0 Å². The van der Waals surface area contributed by atoms with Gasteiger partial charge >= 0.3 is 6.09 Å². The Hall–Kier alpha value is -4.46. The summed E-state index contributed by atoms with van der Waals surface area (Å²) in [4.78, 5) is 15.7. The quantitative estimate of drug-likeness (QED) is 0.449. The van der Waals surface area contributed by atoms with Gasteiger partial charge in [-0.2, -0.15) is 10.4 Å². The highest BCUT2D eigenvalue weighted by molar-refractivity contribution is 5.79. The van der Waals surface area contributed by atoms with Gasteiger partial charge in [0.05, 0.1) is 34.9 Å². The van der Waals surface area contributed by atoms with E-state index >= 15 is 0 Å². The van der Waals surface area contributed by atoms with E-state index in [-0.39, 0.29) is 18.1 Å². The maximum Gasteiger partial charge on any atom is 0.404 e. The number of nitrogens with two attached hydrogens (primary N) is 1. The number of hydrogen-bond donors (Lipinski definition) is 2.